The molecule has 1 aromatic carbocycles. The lowest BCUT2D eigenvalue weighted by atomic mass is 10.0. The standard InChI is InChI=1S/C12H10F3NO3/c13-12(14,15)11(18)16-8-6-9(19-10(8)17)7-4-2-1-3-5-7/h1-5,8-9H,6H2,(H,16,18). The van der Waals surface area contributed by atoms with Crippen LogP contribution in [0, 0.1) is 0 Å². The van der Waals surface area contributed by atoms with Crippen molar-refractivity contribution in [1.82, 2.24) is 5.32 Å². The molecule has 0 radical (unpaired) electrons. The van der Waals surface area contributed by atoms with Crippen molar-refractivity contribution in [3.05, 3.63) is 35.9 Å². The molecule has 1 saturated heterocycles. The third-order valence-electron chi connectivity index (χ3n) is 2.73. The average Bonchev–Trinajstić information content (AvgIpc) is 2.71. The molecule has 2 rings (SSSR count). The van der Waals surface area contributed by atoms with Gasteiger partial charge in [-0.15, -0.1) is 0 Å². The van der Waals surface area contributed by atoms with Crippen molar-refractivity contribution in [3.63, 3.8) is 0 Å². The van der Waals surface area contributed by atoms with Gasteiger partial charge in [-0.1, -0.05) is 30.3 Å². The van der Waals surface area contributed by atoms with Crippen LogP contribution < -0.4 is 5.32 Å². The maximum absolute atomic E-state index is 12.1. The smallest absolute Gasteiger partial charge is 0.456 e. The van der Waals surface area contributed by atoms with Crippen molar-refractivity contribution in [1.29, 1.82) is 0 Å². The number of nitrogens with one attached hydrogen (secondary N) is 1. The van der Waals surface area contributed by atoms with E-state index in [-0.39, 0.29) is 6.42 Å². The first-order chi connectivity index (χ1) is 8.88. The Bertz CT molecular complexity index is 487. The van der Waals surface area contributed by atoms with Crippen molar-refractivity contribution < 1.29 is 27.5 Å². The van der Waals surface area contributed by atoms with Crippen LogP contribution in [-0.2, 0) is 14.3 Å². The molecule has 2 atom stereocenters. The molecule has 1 N–H and O–H groups in total. The number of carbonyl (C=O) groups excluding carboxylic acids is 2. The summed E-state index contributed by atoms with van der Waals surface area (Å²) in [7, 11) is 0. The van der Waals surface area contributed by atoms with Gasteiger partial charge in [-0.25, -0.2) is 4.79 Å². The average molecular weight is 273 g/mol. The zero-order valence-corrected chi connectivity index (χ0v) is 9.61. The molecule has 102 valence electrons. The number of alkyl halides is 3. The van der Waals surface area contributed by atoms with E-state index in [1.54, 1.807) is 35.6 Å². The van der Waals surface area contributed by atoms with Crippen molar-refractivity contribution in [3.8, 4) is 0 Å². The number of amides is 1. The number of hydrogen-bond acceptors (Lipinski definition) is 3. The zero-order chi connectivity index (χ0) is 14.0. The van der Waals surface area contributed by atoms with E-state index in [1.165, 1.54) is 0 Å². The quantitative estimate of drug-likeness (QED) is 0.835. The second-order valence-electron chi connectivity index (χ2n) is 4.10. The van der Waals surface area contributed by atoms with Gasteiger partial charge in [0.15, 0.2) is 0 Å². The summed E-state index contributed by atoms with van der Waals surface area (Å²) < 4.78 is 41.2. The van der Waals surface area contributed by atoms with E-state index in [4.69, 9.17) is 4.74 Å². The van der Waals surface area contributed by atoms with Gasteiger partial charge in [0, 0.05) is 6.42 Å². The van der Waals surface area contributed by atoms with Crippen molar-refractivity contribution >= 4 is 11.9 Å². The third-order valence-corrected chi connectivity index (χ3v) is 2.73. The molecule has 1 amide bonds. The van der Waals surface area contributed by atoms with Crippen LogP contribution in [0.15, 0.2) is 30.3 Å². The number of ether oxygens (including phenoxy) is 1. The monoisotopic (exact) mass is 273 g/mol. The Hall–Kier alpha value is -2.05. The Kier molecular flexibility index (Phi) is 3.46. The SMILES string of the molecule is O=C1OC(c2ccccc2)CC1NC(=O)C(F)(F)F. The maximum atomic E-state index is 12.1. The maximum Gasteiger partial charge on any atom is 0.471 e. The summed E-state index contributed by atoms with van der Waals surface area (Å²) in [4.78, 5) is 22.2. The second kappa shape index (κ2) is 4.91. The molecule has 1 aromatic rings. The molecule has 7 heteroatoms. The van der Waals surface area contributed by atoms with Crippen LogP contribution in [0.5, 0.6) is 0 Å². The summed E-state index contributed by atoms with van der Waals surface area (Å²) in [6, 6.07) is 7.36. The number of halogens is 3. The molecule has 2 unspecified atom stereocenters. The highest BCUT2D eigenvalue weighted by molar-refractivity contribution is 5.88. The lowest BCUT2D eigenvalue weighted by molar-refractivity contribution is -0.175. The van der Waals surface area contributed by atoms with Gasteiger partial charge in [0.05, 0.1) is 0 Å². The molecule has 0 bridgehead atoms. The highest BCUT2D eigenvalue weighted by Gasteiger charge is 2.44. The highest BCUT2D eigenvalue weighted by Crippen LogP contribution is 2.30. The molecule has 4 nitrogen and oxygen atoms in total. The van der Waals surface area contributed by atoms with E-state index in [9.17, 15) is 22.8 Å². The molecule has 1 aliphatic heterocycles. The second-order valence-corrected chi connectivity index (χ2v) is 4.10. The number of esters is 1. The van der Waals surface area contributed by atoms with Gasteiger partial charge in [-0.3, -0.25) is 4.79 Å². The van der Waals surface area contributed by atoms with E-state index in [2.05, 4.69) is 0 Å². The molecular formula is C12H10F3NO3. The van der Waals surface area contributed by atoms with E-state index >= 15 is 0 Å². The van der Waals surface area contributed by atoms with Crippen molar-refractivity contribution in [2.75, 3.05) is 0 Å². The summed E-state index contributed by atoms with van der Waals surface area (Å²) in [5.41, 5.74) is 0.680. The van der Waals surface area contributed by atoms with Gasteiger partial charge >= 0.3 is 18.1 Å². The molecule has 1 aliphatic rings. The Morgan fingerprint density at radius 1 is 1.26 bits per heavy atom. The molecule has 1 fully saturated rings. The Morgan fingerprint density at radius 2 is 1.89 bits per heavy atom. The first kappa shape index (κ1) is 13.4. The molecular weight excluding hydrogens is 263 g/mol. The fourth-order valence-electron chi connectivity index (χ4n) is 1.81. The van der Waals surface area contributed by atoms with Crippen LogP contribution >= 0.6 is 0 Å². The van der Waals surface area contributed by atoms with Gasteiger partial charge in [-0.2, -0.15) is 13.2 Å². The lowest BCUT2D eigenvalue weighted by Gasteiger charge is -2.10. The number of rotatable bonds is 2. The van der Waals surface area contributed by atoms with Crippen LogP contribution in [-0.4, -0.2) is 24.1 Å². The predicted molar refractivity (Wildman–Crippen MR) is 57.9 cm³/mol. The number of carbonyl (C=O) groups is 2. The first-order valence-corrected chi connectivity index (χ1v) is 5.51. The van der Waals surface area contributed by atoms with Crippen LogP contribution in [0.2, 0.25) is 0 Å². The highest BCUT2D eigenvalue weighted by atomic mass is 19.4. The molecule has 0 aliphatic carbocycles. The fraction of sp³-hybridized carbons (Fsp3) is 0.333. The molecule has 0 aromatic heterocycles. The van der Waals surface area contributed by atoms with Crippen LogP contribution in [0.25, 0.3) is 0 Å². The largest absolute Gasteiger partial charge is 0.471 e. The van der Waals surface area contributed by atoms with Gasteiger partial charge in [0.2, 0.25) is 0 Å². The van der Waals surface area contributed by atoms with E-state index < -0.39 is 30.2 Å². The van der Waals surface area contributed by atoms with Crippen LogP contribution in [0.1, 0.15) is 18.1 Å². The molecule has 0 saturated carbocycles. The van der Waals surface area contributed by atoms with E-state index in [0.717, 1.165) is 0 Å². The predicted octanol–water partition coefficient (Wildman–Crippen LogP) is 1.72. The summed E-state index contributed by atoms with van der Waals surface area (Å²) in [5.74, 6) is -2.99. The molecule has 0 spiro atoms. The van der Waals surface area contributed by atoms with Gasteiger partial charge in [-0.05, 0) is 5.56 Å². The fourth-order valence-corrected chi connectivity index (χ4v) is 1.81. The number of benzene rings is 1. The van der Waals surface area contributed by atoms with Crippen molar-refractivity contribution in [2.24, 2.45) is 0 Å². The van der Waals surface area contributed by atoms with Crippen LogP contribution in [0.3, 0.4) is 0 Å². The van der Waals surface area contributed by atoms with Crippen LogP contribution in [0.4, 0.5) is 13.2 Å². The Balaban J connectivity index is 2.03. The summed E-state index contributed by atoms with van der Waals surface area (Å²) in [5, 5.41) is 1.63. The molecule has 19 heavy (non-hydrogen) atoms. The molecule has 1 heterocycles. The minimum atomic E-state index is -5.01. The van der Waals surface area contributed by atoms with E-state index in [0.29, 0.717) is 5.56 Å². The van der Waals surface area contributed by atoms with Gasteiger partial charge < -0.3 is 10.1 Å². The lowest BCUT2D eigenvalue weighted by Crippen LogP contribution is -2.45. The van der Waals surface area contributed by atoms with Gasteiger partial charge in [0.1, 0.15) is 12.1 Å². The van der Waals surface area contributed by atoms with Gasteiger partial charge in [0.25, 0.3) is 0 Å². The Morgan fingerprint density at radius 3 is 2.47 bits per heavy atom. The minimum absolute atomic E-state index is 0.00926. The van der Waals surface area contributed by atoms with E-state index in [1.807, 2.05) is 0 Å². The first-order valence-electron chi connectivity index (χ1n) is 5.51. The topological polar surface area (TPSA) is 55.4 Å². The Labute approximate surface area is 106 Å². The minimum Gasteiger partial charge on any atom is -0.456 e. The number of hydrogen-bond donors (Lipinski definition) is 1. The third kappa shape index (κ3) is 3.04. The number of cyclic esters (lactones) is 1. The summed E-state index contributed by atoms with van der Waals surface area (Å²) in [6.07, 6.45) is -5.65. The normalized spacial score (nSPS) is 23.0. The van der Waals surface area contributed by atoms with Crippen molar-refractivity contribution in [2.45, 2.75) is 24.7 Å². The summed E-state index contributed by atoms with van der Waals surface area (Å²) >= 11 is 0. The summed E-state index contributed by atoms with van der Waals surface area (Å²) in [6.45, 7) is 0. The zero-order valence-electron chi connectivity index (χ0n) is 9.61.